The number of aryl methyl sites for hydroxylation is 1. The van der Waals surface area contributed by atoms with Crippen LogP contribution in [0.15, 0.2) is 29.2 Å². The molecule has 3 heterocycles. The summed E-state index contributed by atoms with van der Waals surface area (Å²) in [5.74, 6) is 0.413. The number of rotatable bonds is 3. The van der Waals surface area contributed by atoms with Crippen LogP contribution in [0.5, 0.6) is 0 Å². The Bertz CT molecular complexity index is 1060. The molecule has 0 saturated carbocycles. The van der Waals surface area contributed by atoms with Crippen LogP contribution >= 0.6 is 0 Å². The number of hydrogen-bond acceptors (Lipinski definition) is 5. The number of benzene rings is 1. The highest BCUT2D eigenvalue weighted by molar-refractivity contribution is 5.72. The highest BCUT2D eigenvalue weighted by Crippen LogP contribution is 2.26. The van der Waals surface area contributed by atoms with Gasteiger partial charge in [-0.2, -0.15) is 4.98 Å². The maximum absolute atomic E-state index is 12.4. The lowest BCUT2D eigenvalue weighted by Crippen LogP contribution is -2.27. The second kappa shape index (κ2) is 6.61. The van der Waals surface area contributed by atoms with Gasteiger partial charge in [0.15, 0.2) is 11.3 Å². The quantitative estimate of drug-likeness (QED) is 0.709. The van der Waals surface area contributed by atoms with Crippen molar-refractivity contribution in [2.75, 3.05) is 18.5 Å². The minimum Gasteiger partial charge on any atom is -0.381 e. The third-order valence-corrected chi connectivity index (χ3v) is 4.60. The maximum atomic E-state index is 12.4. The van der Waals surface area contributed by atoms with Crippen LogP contribution in [0, 0.1) is 13.5 Å². The van der Waals surface area contributed by atoms with Crippen molar-refractivity contribution in [1.29, 1.82) is 0 Å². The number of H-pyrrole nitrogens is 1. The van der Waals surface area contributed by atoms with E-state index in [1.165, 1.54) is 0 Å². The van der Waals surface area contributed by atoms with Gasteiger partial charge in [-0.05, 0) is 31.4 Å². The van der Waals surface area contributed by atoms with E-state index in [2.05, 4.69) is 25.1 Å². The van der Waals surface area contributed by atoms with Gasteiger partial charge in [0.05, 0.1) is 12.8 Å². The Morgan fingerprint density at radius 1 is 1.38 bits per heavy atom. The van der Waals surface area contributed by atoms with E-state index < -0.39 is 0 Å². The molecule has 3 aromatic rings. The summed E-state index contributed by atoms with van der Waals surface area (Å²) in [6, 6.07) is 5.46. The fraction of sp³-hybridized carbons (Fsp3) is 0.333. The van der Waals surface area contributed by atoms with Crippen LogP contribution in [0.3, 0.4) is 0 Å². The molecule has 0 unspecified atom stereocenters. The minimum absolute atomic E-state index is 0.0763. The smallest absolute Gasteiger partial charge is 0.327 e. The molecule has 8 nitrogen and oxygen atoms in total. The average Bonchev–Trinajstić information content (AvgIpc) is 2.99. The van der Waals surface area contributed by atoms with Crippen molar-refractivity contribution in [2.45, 2.75) is 25.8 Å². The van der Waals surface area contributed by atoms with E-state index in [1.807, 2.05) is 19.1 Å². The molecule has 1 saturated heterocycles. The Kier molecular flexibility index (Phi) is 4.14. The number of fused-ring (bicyclic) bond motifs is 1. The zero-order valence-corrected chi connectivity index (χ0v) is 14.3. The number of anilines is 2. The Labute approximate surface area is 149 Å². The first-order valence-corrected chi connectivity index (χ1v) is 8.46. The molecule has 2 aromatic heterocycles. The predicted octanol–water partition coefficient (Wildman–Crippen LogP) is 3.07. The lowest BCUT2D eigenvalue weighted by molar-refractivity contribution is 0.0697. The molecule has 0 bridgehead atoms. The van der Waals surface area contributed by atoms with Crippen LogP contribution in [0.1, 0.15) is 24.4 Å². The number of hydrogen-bond donors (Lipinski definition) is 2. The molecule has 1 aromatic carbocycles. The molecule has 132 valence electrons. The number of aromatic amines is 1. The van der Waals surface area contributed by atoms with E-state index in [9.17, 15) is 4.79 Å². The summed E-state index contributed by atoms with van der Waals surface area (Å²) in [6.07, 6.45) is 3.19. The van der Waals surface area contributed by atoms with Gasteiger partial charge in [0, 0.05) is 24.9 Å². The summed E-state index contributed by atoms with van der Waals surface area (Å²) in [5.41, 5.74) is 3.38. The summed E-state index contributed by atoms with van der Waals surface area (Å²) in [6.45, 7) is 10.3. The van der Waals surface area contributed by atoms with Crippen LogP contribution in [0.4, 0.5) is 17.3 Å². The van der Waals surface area contributed by atoms with Gasteiger partial charge in [-0.3, -0.25) is 4.57 Å². The molecule has 0 aliphatic carbocycles. The Balaban J connectivity index is 1.71. The zero-order chi connectivity index (χ0) is 18.1. The molecule has 0 spiro atoms. The predicted molar refractivity (Wildman–Crippen MR) is 98.0 cm³/mol. The lowest BCUT2D eigenvalue weighted by atomic mass is 10.1. The maximum Gasteiger partial charge on any atom is 0.327 e. The molecule has 0 amide bonds. The Hall–Kier alpha value is -3.18. The fourth-order valence-electron chi connectivity index (χ4n) is 3.24. The van der Waals surface area contributed by atoms with Crippen molar-refractivity contribution in [1.82, 2.24) is 19.5 Å². The van der Waals surface area contributed by atoms with E-state index >= 15 is 0 Å². The van der Waals surface area contributed by atoms with Crippen molar-refractivity contribution in [3.8, 4) is 0 Å². The van der Waals surface area contributed by atoms with Gasteiger partial charge in [-0.25, -0.2) is 14.6 Å². The van der Waals surface area contributed by atoms with Crippen molar-refractivity contribution < 1.29 is 4.74 Å². The monoisotopic (exact) mass is 350 g/mol. The van der Waals surface area contributed by atoms with Crippen LogP contribution in [0.2, 0.25) is 0 Å². The van der Waals surface area contributed by atoms with Crippen molar-refractivity contribution >= 4 is 28.5 Å². The topological polar surface area (TPSA) is 89.2 Å². The molecular weight excluding hydrogens is 332 g/mol. The standard InChI is InChI=1S/C18H18N6O2/c1-11-9-12(19-2)3-4-14(11)21-17-20-10-15-16(23-17)24(18(25)22-15)13-5-7-26-8-6-13/h3-4,9-10,13H,5-8H2,1H3,(H,22,25)(H,20,21,23). The van der Waals surface area contributed by atoms with Crippen LogP contribution < -0.4 is 11.0 Å². The summed E-state index contributed by atoms with van der Waals surface area (Å²) >= 11 is 0. The second-order valence-electron chi connectivity index (χ2n) is 6.31. The molecule has 26 heavy (non-hydrogen) atoms. The van der Waals surface area contributed by atoms with Crippen molar-refractivity contribution in [3.63, 3.8) is 0 Å². The van der Waals surface area contributed by atoms with Gasteiger partial charge in [-0.15, -0.1) is 0 Å². The van der Waals surface area contributed by atoms with Crippen LogP contribution in [-0.2, 0) is 4.74 Å². The van der Waals surface area contributed by atoms with Gasteiger partial charge in [0.1, 0.15) is 5.52 Å². The molecule has 1 aliphatic rings. The summed E-state index contributed by atoms with van der Waals surface area (Å²) in [7, 11) is 0. The van der Waals surface area contributed by atoms with Gasteiger partial charge in [0.2, 0.25) is 5.95 Å². The van der Waals surface area contributed by atoms with Gasteiger partial charge < -0.3 is 15.0 Å². The summed E-state index contributed by atoms with van der Waals surface area (Å²) < 4.78 is 7.10. The van der Waals surface area contributed by atoms with Gasteiger partial charge in [-0.1, -0.05) is 12.1 Å². The zero-order valence-electron chi connectivity index (χ0n) is 14.3. The third kappa shape index (κ3) is 2.93. The summed E-state index contributed by atoms with van der Waals surface area (Å²) in [5, 5.41) is 3.18. The first-order valence-electron chi connectivity index (χ1n) is 8.46. The van der Waals surface area contributed by atoms with Gasteiger partial charge in [0.25, 0.3) is 0 Å². The summed E-state index contributed by atoms with van der Waals surface area (Å²) in [4.78, 5) is 27.5. The van der Waals surface area contributed by atoms with Crippen LogP contribution in [0.25, 0.3) is 16.0 Å². The van der Waals surface area contributed by atoms with E-state index in [4.69, 9.17) is 11.3 Å². The molecule has 4 rings (SSSR count). The SMILES string of the molecule is [C-]#[N+]c1ccc(Nc2ncc3[nH]c(=O)n(C4CCOCC4)c3n2)c(C)c1. The molecule has 0 atom stereocenters. The second-order valence-corrected chi connectivity index (χ2v) is 6.31. The molecule has 0 radical (unpaired) electrons. The van der Waals surface area contributed by atoms with Crippen molar-refractivity contribution in [3.05, 3.63) is 51.9 Å². The molecule has 8 heteroatoms. The molecule has 1 aliphatic heterocycles. The van der Waals surface area contributed by atoms with Gasteiger partial charge >= 0.3 is 5.69 Å². The number of imidazole rings is 1. The lowest BCUT2D eigenvalue weighted by Gasteiger charge is -2.22. The molecular formula is C18H18N6O2. The normalized spacial score (nSPS) is 15.1. The number of nitrogens with one attached hydrogen (secondary N) is 2. The van der Waals surface area contributed by atoms with E-state index in [1.54, 1.807) is 16.8 Å². The highest BCUT2D eigenvalue weighted by Gasteiger charge is 2.21. The average molecular weight is 350 g/mol. The minimum atomic E-state index is -0.170. The van der Waals surface area contributed by atoms with E-state index in [0.717, 1.165) is 24.1 Å². The number of aromatic nitrogens is 4. The van der Waals surface area contributed by atoms with E-state index in [0.29, 0.717) is 36.0 Å². The first-order chi connectivity index (χ1) is 12.7. The fourth-order valence-corrected chi connectivity index (χ4v) is 3.24. The Morgan fingerprint density at radius 3 is 2.92 bits per heavy atom. The number of ether oxygens (including phenoxy) is 1. The first kappa shape index (κ1) is 16.3. The van der Waals surface area contributed by atoms with E-state index in [-0.39, 0.29) is 11.7 Å². The third-order valence-electron chi connectivity index (χ3n) is 4.60. The highest BCUT2D eigenvalue weighted by atomic mass is 16.5. The molecule has 2 N–H and O–H groups in total. The number of nitrogens with zero attached hydrogens (tertiary/aromatic N) is 4. The molecule has 1 fully saturated rings. The largest absolute Gasteiger partial charge is 0.381 e. The Morgan fingerprint density at radius 2 is 2.19 bits per heavy atom. The van der Waals surface area contributed by atoms with Crippen LogP contribution in [-0.4, -0.2) is 32.7 Å². The van der Waals surface area contributed by atoms with Crippen molar-refractivity contribution in [2.24, 2.45) is 0 Å².